The highest BCUT2D eigenvalue weighted by molar-refractivity contribution is 6.32. The molecule has 0 saturated carbocycles. The molecule has 0 bridgehead atoms. The fourth-order valence-corrected chi connectivity index (χ4v) is 3.13. The third kappa shape index (κ3) is 5.04. The summed E-state index contributed by atoms with van der Waals surface area (Å²) in [5, 5.41) is 11.9. The lowest BCUT2D eigenvalue weighted by Gasteiger charge is -2.07. The maximum absolute atomic E-state index is 12.7. The van der Waals surface area contributed by atoms with Crippen molar-refractivity contribution in [3.8, 4) is 5.75 Å². The third-order valence-corrected chi connectivity index (χ3v) is 4.99. The Labute approximate surface area is 187 Å². The lowest BCUT2D eigenvalue weighted by molar-refractivity contribution is 0.101. The van der Waals surface area contributed by atoms with Crippen molar-refractivity contribution in [2.45, 2.75) is 20.1 Å². The Balaban J connectivity index is 1.43. The number of carbonyl (C=O) groups is 1. The summed E-state index contributed by atoms with van der Waals surface area (Å²) in [5.74, 6) is 0.619. The van der Waals surface area contributed by atoms with Gasteiger partial charge in [0.25, 0.3) is 5.91 Å². The zero-order chi connectivity index (χ0) is 21.8. The molecule has 2 aromatic heterocycles. The molecule has 0 saturated heterocycles. The van der Waals surface area contributed by atoms with Crippen LogP contribution in [0.4, 0.5) is 5.95 Å². The minimum atomic E-state index is -0.501. The van der Waals surface area contributed by atoms with Crippen molar-refractivity contribution in [1.82, 2.24) is 19.9 Å². The molecule has 0 atom stereocenters. The van der Waals surface area contributed by atoms with Gasteiger partial charge in [-0.1, -0.05) is 52.6 Å². The topological polar surface area (TPSA) is 95.1 Å². The first-order valence-electron chi connectivity index (χ1n) is 9.27. The maximum Gasteiger partial charge on any atom is 0.280 e. The van der Waals surface area contributed by atoms with Crippen molar-refractivity contribution in [3.63, 3.8) is 0 Å². The van der Waals surface area contributed by atoms with Gasteiger partial charge in [0.1, 0.15) is 24.4 Å². The number of carbonyl (C=O) groups excluding carboxylic acids is 1. The number of hydrogen-bond acceptors (Lipinski definition) is 6. The van der Waals surface area contributed by atoms with Gasteiger partial charge in [-0.3, -0.25) is 10.1 Å². The standard InChI is InChI=1S/C21H17Cl2N5O3/c1-13-16(11-30-18-5-3-2-4-17(18)23)19(27-31-13)20(29)25-21-24-12-28(26-21)10-14-6-8-15(22)9-7-14/h2-9,12H,10-11H2,1H3,(H,25,26,29). The summed E-state index contributed by atoms with van der Waals surface area (Å²) in [6, 6.07) is 14.5. The van der Waals surface area contributed by atoms with Gasteiger partial charge in [0, 0.05) is 5.02 Å². The summed E-state index contributed by atoms with van der Waals surface area (Å²) in [6.45, 7) is 2.26. The number of para-hydroxylation sites is 1. The number of rotatable bonds is 7. The fraction of sp³-hybridized carbons (Fsp3) is 0.143. The number of halogens is 2. The Bertz CT molecular complexity index is 1200. The number of nitrogens with one attached hydrogen (secondary N) is 1. The molecule has 4 aromatic rings. The zero-order valence-electron chi connectivity index (χ0n) is 16.4. The molecule has 2 heterocycles. The number of benzene rings is 2. The summed E-state index contributed by atoms with van der Waals surface area (Å²) < 4.78 is 12.5. The predicted molar refractivity (Wildman–Crippen MR) is 116 cm³/mol. The van der Waals surface area contributed by atoms with E-state index in [4.69, 9.17) is 32.5 Å². The van der Waals surface area contributed by atoms with E-state index in [-0.39, 0.29) is 18.2 Å². The van der Waals surface area contributed by atoms with Crippen LogP contribution in [0, 0.1) is 6.92 Å². The largest absolute Gasteiger partial charge is 0.487 e. The van der Waals surface area contributed by atoms with E-state index in [9.17, 15) is 4.79 Å². The average molecular weight is 458 g/mol. The van der Waals surface area contributed by atoms with Gasteiger partial charge in [-0.2, -0.15) is 0 Å². The molecule has 0 unspecified atom stereocenters. The van der Waals surface area contributed by atoms with Crippen molar-refractivity contribution >= 4 is 35.1 Å². The molecule has 0 spiro atoms. The smallest absolute Gasteiger partial charge is 0.280 e. The summed E-state index contributed by atoms with van der Waals surface area (Å²) in [7, 11) is 0. The maximum atomic E-state index is 12.7. The van der Waals surface area contributed by atoms with E-state index in [1.54, 1.807) is 48.0 Å². The van der Waals surface area contributed by atoms with E-state index in [0.29, 0.717) is 33.7 Å². The monoisotopic (exact) mass is 457 g/mol. The van der Waals surface area contributed by atoms with Crippen molar-refractivity contribution < 1.29 is 14.1 Å². The second kappa shape index (κ2) is 9.20. The Morgan fingerprint density at radius 2 is 1.94 bits per heavy atom. The van der Waals surface area contributed by atoms with Gasteiger partial charge < -0.3 is 9.26 Å². The van der Waals surface area contributed by atoms with E-state index in [1.165, 1.54) is 6.33 Å². The Hall–Kier alpha value is -3.36. The molecule has 0 aliphatic rings. The van der Waals surface area contributed by atoms with Crippen molar-refractivity contribution in [2.24, 2.45) is 0 Å². The van der Waals surface area contributed by atoms with Crippen molar-refractivity contribution in [3.05, 3.63) is 87.5 Å². The van der Waals surface area contributed by atoms with Gasteiger partial charge in [-0.05, 0) is 36.8 Å². The molecule has 1 N–H and O–H groups in total. The summed E-state index contributed by atoms with van der Waals surface area (Å²) in [4.78, 5) is 16.8. The predicted octanol–water partition coefficient (Wildman–Crippen LogP) is 4.76. The van der Waals surface area contributed by atoms with Crippen LogP contribution in [0.1, 0.15) is 27.4 Å². The van der Waals surface area contributed by atoms with Crippen LogP contribution in [0.25, 0.3) is 0 Å². The molecular formula is C21H17Cl2N5O3. The van der Waals surface area contributed by atoms with Gasteiger partial charge in [0.05, 0.1) is 17.1 Å². The third-order valence-electron chi connectivity index (χ3n) is 4.43. The number of ether oxygens (including phenoxy) is 1. The molecule has 10 heteroatoms. The molecule has 0 aliphatic carbocycles. The fourth-order valence-electron chi connectivity index (χ4n) is 2.82. The average Bonchev–Trinajstić information content (AvgIpc) is 3.35. The van der Waals surface area contributed by atoms with Crippen LogP contribution in [0.5, 0.6) is 5.75 Å². The number of aromatic nitrogens is 4. The van der Waals surface area contributed by atoms with Crippen LogP contribution in [0.2, 0.25) is 10.0 Å². The Morgan fingerprint density at radius 1 is 1.16 bits per heavy atom. The number of nitrogens with zero attached hydrogens (tertiary/aromatic N) is 4. The van der Waals surface area contributed by atoms with Crippen molar-refractivity contribution in [1.29, 1.82) is 0 Å². The first-order valence-corrected chi connectivity index (χ1v) is 10.0. The van der Waals surface area contributed by atoms with Crippen LogP contribution in [-0.4, -0.2) is 25.8 Å². The SMILES string of the molecule is Cc1onc(C(=O)Nc2ncn(Cc3ccc(Cl)cc3)n2)c1COc1ccccc1Cl. The van der Waals surface area contributed by atoms with Crippen LogP contribution in [0.15, 0.2) is 59.4 Å². The van der Waals surface area contributed by atoms with Gasteiger partial charge in [-0.15, -0.1) is 5.10 Å². The summed E-state index contributed by atoms with van der Waals surface area (Å²) in [5.41, 5.74) is 1.61. The summed E-state index contributed by atoms with van der Waals surface area (Å²) in [6.07, 6.45) is 1.53. The molecule has 31 heavy (non-hydrogen) atoms. The summed E-state index contributed by atoms with van der Waals surface area (Å²) >= 11 is 12.0. The molecule has 0 aliphatic heterocycles. The van der Waals surface area contributed by atoms with E-state index in [1.807, 2.05) is 12.1 Å². The number of anilines is 1. The van der Waals surface area contributed by atoms with Gasteiger partial charge in [0.15, 0.2) is 5.69 Å². The zero-order valence-corrected chi connectivity index (χ0v) is 17.9. The molecule has 8 nitrogen and oxygen atoms in total. The lowest BCUT2D eigenvalue weighted by Crippen LogP contribution is -2.16. The van der Waals surface area contributed by atoms with Gasteiger partial charge in [0.2, 0.25) is 5.95 Å². The lowest BCUT2D eigenvalue weighted by atomic mass is 10.2. The highest BCUT2D eigenvalue weighted by atomic mass is 35.5. The number of aryl methyl sites for hydroxylation is 1. The molecular weight excluding hydrogens is 441 g/mol. The first-order chi connectivity index (χ1) is 15.0. The molecule has 0 fully saturated rings. The minimum Gasteiger partial charge on any atom is -0.487 e. The second-order valence-corrected chi connectivity index (χ2v) is 7.47. The second-order valence-electron chi connectivity index (χ2n) is 6.63. The van der Waals surface area contributed by atoms with E-state index in [2.05, 4.69) is 20.6 Å². The van der Waals surface area contributed by atoms with Gasteiger partial charge >= 0.3 is 0 Å². The Kier molecular flexibility index (Phi) is 6.20. The van der Waals surface area contributed by atoms with Crippen LogP contribution < -0.4 is 10.1 Å². The molecule has 1 amide bonds. The minimum absolute atomic E-state index is 0.0697. The van der Waals surface area contributed by atoms with Crippen LogP contribution in [-0.2, 0) is 13.2 Å². The van der Waals surface area contributed by atoms with Crippen molar-refractivity contribution in [2.75, 3.05) is 5.32 Å². The van der Waals surface area contributed by atoms with Gasteiger partial charge in [-0.25, -0.2) is 9.67 Å². The van der Waals surface area contributed by atoms with Crippen LogP contribution in [0.3, 0.4) is 0 Å². The molecule has 4 rings (SSSR count). The molecule has 2 aromatic carbocycles. The Morgan fingerprint density at radius 3 is 2.71 bits per heavy atom. The van der Waals surface area contributed by atoms with Crippen LogP contribution >= 0.6 is 23.2 Å². The van der Waals surface area contributed by atoms with E-state index < -0.39 is 5.91 Å². The normalized spacial score (nSPS) is 10.8. The highest BCUT2D eigenvalue weighted by Gasteiger charge is 2.22. The van der Waals surface area contributed by atoms with E-state index in [0.717, 1.165) is 5.56 Å². The quantitative estimate of drug-likeness (QED) is 0.429. The number of amides is 1. The highest BCUT2D eigenvalue weighted by Crippen LogP contribution is 2.25. The van der Waals surface area contributed by atoms with E-state index >= 15 is 0 Å². The molecule has 0 radical (unpaired) electrons. The molecule has 158 valence electrons. The number of hydrogen-bond donors (Lipinski definition) is 1. The first kappa shape index (κ1) is 20.9.